The zero-order chi connectivity index (χ0) is 14.5. The fourth-order valence-electron chi connectivity index (χ4n) is 1.84. The molecule has 1 heterocycles. The number of nitrogens with one attached hydrogen (secondary N) is 1. The van der Waals surface area contributed by atoms with E-state index in [-0.39, 0.29) is 0 Å². The maximum Gasteiger partial charge on any atom is 0.146 e. The summed E-state index contributed by atoms with van der Waals surface area (Å²) >= 11 is 5.92. The standard InChI is InChI=1S/C16H20ClNO2/c1-11(2)18-8-13-7-15(19-9-13)10-20-16-5-4-14(17)6-12(16)3/h4-7,9,11,18H,8,10H2,1-3H3. The Morgan fingerprint density at radius 2 is 2.10 bits per heavy atom. The summed E-state index contributed by atoms with van der Waals surface area (Å²) in [6.45, 7) is 7.44. The van der Waals surface area contributed by atoms with Crippen LogP contribution in [0.5, 0.6) is 5.75 Å². The van der Waals surface area contributed by atoms with Crippen LogP contribution in [0.1, 0.15) is 30.7 Å². The molecule has 3 nitrogen and oxygen atoms in total. The number of hydrogen-bond donors (Lipinski definition) is 1. The molecule has 0 unspecified atom stereocenters. The summed E-state index contributed by atoms with van der Waals surface area (Å²) in [5.74, 6) is 1.65. The smallest absolute Gasteiger partial charge is 0.146 e. The van der Waals surface area contributed by atoms with Gasteiger partial charge in [0.25, 0.3) is 0 Å². The molecule has 0 spiro atoms. The summed E-state index contributed by atoms with van der Waals surface area (Å²) in [7, 11) is 0. The van der Waals surface area contributed by atoms with Crippen molar-refractivity contribution in [2.45, 2.75) is 40.0 Å². The third-order valence-electron chi connectivity index (χ3n) is 2.93. The van der Waals surface area contributed by atoms with E-state index in [1.54, 1.807) is 6.26 Å². The normalized spacial score (nSPS) is 11.1. The number of furan rings is 1. The molecule has 0 aliphatic heterocycles. The van der Waals surface area contributed by atoms with E-state index in [0.29, 0.717) is 12.6 Å². The summed E-state index contributed by atoms with van der Waals surface area (Å²) in [5, 5.41) is 4.07. The van der Waals surface area contributed by atoms with Crippen molar-refractivity contribution in [2.75, 3.05) is 0 Å². The Labute approximate surface area is 124 Å². The molecule has 0 aliphatic carbocycles. The summed E-state index contributed by atoms with van der Waals surface area (Å²) in [6, 6.07) is 8.06. The van der Waals surface area contributed by atoms with Gasteiger partial charge in [0.15, 0.2) is 0 Å². The van der Waals surface area contributed by atoms with Gasteiger partial charge in [-0.25, -0.2) is 0 Å². The lowest BCUT2D eigenvalue weighted by Gasteiger charge is -2.07. The van der Waals surface area contributed by atoms with Crippen molar-refractivity contribution in [1.82, 2.24) is 5.32 Å². The number of aryl methyl sites for hydroxylation is 1. The fourth-order valence-corrected chi connectivity index (χ4v) is 2.07. The Morgan fingerprint density at radius 1 is 1.30 bits per heavy atom. The van der Waals surface area contributed by atoms with Gasteiger partial charge < -0.3 is 14.5 Å². The largest absolute Gasteiger partial charge is 0.485 e. The molecule has 2 aromatic rings. The Kier molecular flexibility index (Phi) is 5.10. The molecule has 0 saturated carbocycles. The van der Waals surface area contributed by atoms with Gasteiger partial charge in [0, 0.05) is 23.2 Å². The average molecular weight is 294 g/mol. The molecule has 2 rings (SSSR count). The van der Waals surface area contributed by atoms with Crippen LogP contribution in [0.25, 0.3) is 0 Å². The van der Waals surface area contributed by atoms with Crippen LogP contribution in [0, 0.1) is 6.92 Å². The van der Waals surface area contributed by atoms with Gasteiger partial charge in [-0.1, -0.05) is 25.4 Å². The van der Waals surface area contributed by atoms with Gasteiger partial charge in [0.1, 0.15) is 18.1 Å². The predicted molar refractivity (Wildman–Crippen MR) is 81.2 cm³/mol. The van der Waals surface area contributed by atoms with E-state index >= 15 is 0 Å². The summed E-state index contributed by atoms with van der Waals surface area (Å²) < 4.78 is 11.2. The molecular weight excluding hydrogens is 274 g/mol. The predicted octanol–water partition coefficient (Wildman–Crippen LogP) is 4.32. The van der Waals surface area contributed by atoms with Crippen LogP contribution in [0.3, 0.4) is 0 Å². The molecule has 0 amide bonds. The second kappa shape index (κ2) is 6.82. The van der Waals surface area contributed by atoms with Crippen LogP contribution < -0.4 is 10.1 Å². The highest BCUT2D eigenvalue weighted by Crippen LogP contribution is 2.23. The topological polar surface area (TPSA) is 34.4 Å². The Morgan fingerprint density at radius 3 is 2.80 bits per heavy atom. The third-order valence-corrected chi connectivity index (χ3v) is 3.16. The molecule has 0 aliphatic rings. The van der Waals surface area contributed by atoms with E-state index in [2.05, 4.69) is 19.2 Å². The summed E-state index contributed by atoms with van der Waals surface area (Å²) in [5.41, 5.74) is 2.15. The Bertz CT molecular complexity index is 563. The van der Waals surface area contributed by atoms with E-state index < -0.39 is 0 Å². The van der Waals surface area contributed by atoms with Gasteiger partial charge in [-0.2, -0.15) is 0 Å². The lowest BCUT2D eigenvalue weighted by atomic mass is 10.2. The maximum absolute atomic E-state index is 5.92. The first-order valence-electron chi connectivity index (χ1n) is 6.73. The molecular formula is C16H20ClNO2. The Hall–Kier alpha value is -1.45. The van der Waals surface area contributed by atoms with Crippen LogP contribution in [0.15, 0.2) is 34.9 Å². The van der Waals surface area contributed by atoms with Crippen LogP contribution in [0.2, 0.25) is 5.02 Å². The van der Waals surface area contributed by atoms with Crippen molar-refractivity contribution in [3.63, 3.8) is 0 Å². The minimum Gasteiger partial charge on any atom is -0.485 e. The first-order chi connectivity index (χ1) is 9.54. The zero-order valence-corrected chi connectivity index (χ0v) is 12.8. The minimum atomic E-state index is 0.421. The summed E-state index contributed by atoms with van der Waals surface area (Å²) in [4.78, 5) is 0. The third kappa shape index (κ3) is 4.29. The van der Waals surface area contributed by atoms with Gasteiger partial charge in [-0.05, 0) is 36.8 Å². The van der Waals surface area contributed by atoms with Crippen LogP contribution in [-0.2, 0) is 13.2 Å². The highest BCUT2D eigenvalue weighted by molar-refractivity contribution is 6.30. The van der Waals surface area contributed by atoms with Gasteiger partial charge in [0.2, 0.25) is 0 Å². The monoisotopic (exact) mass is 293 g/mol. The number of benzene rings is 1. The van der Waals surface area contributed by atoms with Crippen LogP contribution >= 0.6 is 11.6 Å². The van der Waals surface area contributed by atoms with E-state index in [1.165, 1.54) is 0 Å². The molecule has 108 valence electrons. The molecule has 4 heteroatoms. The SMILES string of the molecule is Cc1cc(Cl)ccc1OCc1cc(CNC(C)C)co1. The lowest BCUT2D eigenvalue weighted by molar-refractivity contribution is 0.268. The van der Waals surface area contributed by atoms with E-state index in [1.807, 2.05) is 31.2 Å². The second-order valence-corrected chi connectivity index (χ2v) is 5.59. The molecule has 1 aromatic heterocycles. The van der Waals surface area contributed by atoms with Crippen molar-refractivity contribution in [3.05, 3.63) is 52.4 Å². The first kappa shape index (κ1) is 14.9. The molecule has 0 atom stereocenters. The highest BCUT2D eigenvalue weighted by atomic mass is 35.5. The zero-order valence-electron chi connectivity index (χ0n) is 12.1. The quantitative estimate of drug-likeness (QED) is 0.861. The minimum absolute atomic E-state index is 0.421. The van der Waals surface area contributed by atoms with Crippen molar-refractivity contribution < 1.29 is 9.15 Å². The van der Waals surface area contributed by atoms with Gasteiger partial charge in [-0.3, -0.25) is 0 Å². The number of rotatable bonds is 6. The molecule has 1 aromatic carbocycles. The maximum atomic E-state index is 5.92. The van der Waals surface area contributed by atoms with Crippen molar-refractivity contribution >= 4 is 11.6 Å². The van der Waals surface area contributed by atoms with Crippen molar-refractivity contribution in [1.29, 1.82) is 0 Å². The van der Waals surface area contributed by atoms with E-state index in [0.717, 1.165) is 34.2 Å². The average Bonchev–Trinajstić information content (AvgIpc) is 2.83. The fraction of sp³-hybridized carbons (Fsp3) is 0.375. The number of halogens is 1. The van der Waals surface area contributed by atoms with Crippen molar-refractivity contribution in [2.24, 2.45) is 0 Å². The lowest BCUT2D eigenvalue weighted by Crippen LogP contribution is -2.21. The van der Waals surface area contributed by atoms with E-state index in [4.69, 9.17) is 20.8 Å². The summed E-state index contributed by atoms with van der Waals surface area (Å²) in [6.07, 6.45) is 1.77. The van der Waals surface area contributed by atoms with Crippen LogP contribution in [0.4, 0.5) is 0 Å². The highest BCUT2D eigenvalue weighted by Gasteiger charge is 2.05. The number of ether oxygens (including phenoxy) is 1. The van der Waals surface area contributed by atoms with Crippen molar-refractivity contribution in [3.8, 4) is 5.75 Å². The molecule has 20 heavy (non-hydrogen) atoms. The molecule has 0 bridgehead atoms. The van der Waals surface area contributed by atoms with E-state index in [9.17, 15) is 0 Å². The van der Waals surface area contributed by atoms with Gasteiger partial charge in [0.05, 0.1) is 6.26 Å². The number of hydrogen-bond acceptors (Lipinski definition) is 3. The van der Waals surface area contributed by atoms with Crippen LogP contribution in [-0.4, -0.2) is 6.04 Å². The van der Waals surface area contributed by atoms with Gasteiger partial charge in [-0.15, -0.1) is 0 Å². The molecule has 1 N–H and O–H groups in total. The first-order valence-corrected chi connectivity index (χ1v) is 7.11. The Balaban J connectivity index is 1.90. The molecule has 0 fully saturated rings. The molecule has 0 saturated heterocycles. The second-order valence-electron chi connectivity index (χ2n) is 5.16. The van der Waals surface area contributed by atoms with Gasteiger partial charge >= 0.3 is 0 Å². The molecule has 0 radical (unpaired) electrons.